The molecule has 0 unspecified atom stereocenters. The molecular formula is C15H13ClFNO2. The van der Waals surface area contributed by atoms with Crippen molar-refractivity contribution in [2.24, 2.45) is 0 Å². The Morgan fingerprint density at radius 2 is 2.10 bits per heavy atom. The molecule has 0 bridgehead atoms. The maximum Gasteiger partial charge on any atom is 0.262 e. The van der Waals surface area contributed by atoms with Crippen molar-refractivity contribution in [3.63, 3.8) is 0 Å². The quantitative estimate of drug-likeness (QED) is 0.931. The topological polar surface area (TPSA) is 38.3 Å². The van der Waals surface area contributed by atoms with Crippen LogP contribution in [0.1, 0.15) is 5.56 Å². The van der Waals surface area contributed by atoms with Crippen molar-refractivity contribution in [2.75, 3.05) is 11.9 Å². The summed E-state index contributed by atoms with van der Waals surface area (Å²) < 4.78 is 18.1. The minimum Gasteiger partial charge on any atom is -0.484 e. The van der Waals surface area contributed by atoms with Crippen LogP contribution in [0.25, 0.3) is 0 Å². The minimum atomic E-state index is -0.413. The molecule has 0 aliphatic heterocycles. The summed E-state index contributed by atoms with van der Waals surface area (Å²) in [5.41, 5.74) is 1.52. The smallest absolute Gasteiger partial charge is 0.262 e. The Hall–Kier alpha value is -2.07. The van der Waals surface area contributed by atoms with E-state index in [4.69, 9.17) is 16.3 Å². The van der Waals surface area contributed by atoms with Gasteiger partial charge in [0.05, 0.1) is 10.7 Å². The molecule has 0 aliphatic carbocycles. The van der Waals surface area contributed by atoms with Crippen LogP contribution in [0.3, 0.4) is 0 Å². The summed E-state index contributed by atoms with van der Waals surface area (Å²) in [4.78, 5) is 11.7. The molecule has 2 aromatic carbocycles. The summed E-state index contributed by atoms with van der Waals surface area (Å²) in [5.74, 6) is -0.473. The Bertz CT molecular complexity index is 631. The number of amides is 1. The zero-order chi connectivity index (χ0) is 14.5. The lowest BCUT2D eigenvalue weighted by Gasteiger charge is -2.09. The molecule has 5 heteroatoms. The van der Waals surface area contributed by atoms with E-state index in [0.29, 0.717) is 16.5 Å². The largest absolute Gasteiger partial charge is 0.484 e. The van der Waals surface area contributed by atoms with Gasteiger partial charge in [-0.3, -0.25) is 4.79 Å². The lowest BCUT2D eigenvalue weighted by molar-refractivity contribution is -0.118. The van der Waals surface area contributed by atoms with Crippen LogP contribution in [0.15, 0.2) is 42.5 Å². The minimum absolute atomic E-state index is 0.215. The molecular weight excluding hydrogens is 281 g/mol. The normalized spacial score (nSPS) is 10.2. The number of hydrogen-bond donors (Lipinski definition) is 1. The second-order valence-electron chi connectivity index (χ2n) is 4.28. The van der Waals surface area contributed by atoms with Gasteiger partial charge in [0.2, 0.25) is 0 Å². The molecule has 20 heavy (non-hydrogen) atoms. The molecule has 1 N–H and O–H groups in total. The first kappa shape index (κ1) is 14.3. The number of carbonyl (C=O) groups excluding carboxylic acids is 1. The van der Waals surface area contributed by atoms with E-state index in [2.05, 4.69) is 5.32 Å². The fourth-order valence-corrected chi connectivity index (χ4v) is 1.90. The van der Waals surface area contributed by atoms with E-state index in [9.17, 15) is 9.18 Å². The van der Waals surface area contributed by atoms with E-state index < -0.39 is 5.82 Å². The highest BCUT2D eigenvalue weighted by Gasteiger charge is 2.07. The Morgan fingerprint density at radius 3 is 2.80 bits per heavy atom. The summed E-state index contributed by atoms with van der Waals surface area (Å²) in [6.07, 6.45) is 0. The lowest BCUT2D eigenvalue weighted by atomic mass is 10.2. The Labute approximate surface area is 121 Å². The van der Waals surface area contributed by atoms with Gasteiger partial charge in [0, 0.05) is 6.07 Å². The Morgan fingerprint density at radius 1 is 1.30 bits per heavy atom. The summed E-state index contributed by atoms with van der Waals surface area (Å²) in [7, 11) is 0. The van der Waals surface area contributed by atoms with E-state index >= 15 is 0 Å². The van der Waals surface area contributed by atoms with Crippen LogP contribution in [0, 0.1) is 12.7 Å². The van der Waals surface area contributed by atoms with Gasteiger partial charge in [-0.2, -0.15) is 0 Å². The molecule has 3 nitrogen and oxygen atoms in total. The van der Waals surface area contributed by atoms with Gasteiger partial charge in [0.1, 0.15) is 11.6 Å². The first-order chi connectivity index (χ1) is 9.54. The molecule has 0 spiro atoms. The van der Waals surface area contributed by atoms with Gasteiger partial charge in [0.25, 0.3) is 5.91 Å². The van der Waals surface area contributed by atoms with Crippen LogP contribution in [-0.2, 0) is 4.79 Å². The van der Waals surface area contributed by atoms with Crippen LogP contribution in [0.5, 0.6) is 5.75 Å². The number of halogens is 2. The molecule has 0 heterocycles. The number of nitrogens with one attached hydrogen (secondary N) is 1. The van der Waals surface area contributed by atoms with Gasteiger partial charge in [-0.05, 0) is 36.8 Å². The van der Waals surface area contributed by atoms with Crippen LogP contribution >= 0.6 is 11.6 Å². The number of rotatable bonds is 4. The monoisotopic (exact) mass is 293 g/mol. The first-order valence-electron chi connectivity index (χ1n) is 5.99. The lowest BCUT2D eigenvalue weighted by Crippen LogP contribution is -2.20. The third kappa shape index (κ3) is 3.96. The van der Waals surface area contributed by atoms with Crippen molar-refractivity contribution in [1.82, 2.24) is 0 Å². The van der Waals surface area contributed by atoms with Gasteiger partial charge in [-0.25, -0.2) is 4.39 Å². The Kier molecular flexibility index (Phi) is 4.58. The van der Waals surface area contributed by atoms with Crippen LogP contribution in [0.2, 0.25) is 5.02 Å². The molecule has 0 aromatic heterocycles. The molecule has 0 atom stereocenters. The maximum atomic E-state index is 12.9. The van der Waals surface area contributed by atoms with Gasteiger partial charge in [-0.15, -0.1) is 0 Å². The zero-order valence-corrected chi connectivity index (χ0v) is 11.6. The highest BCUT2D eigenvalue weighted by molar-refractivity contribution is 6.33. The van der Waals surface area contributed by atoms with E-state index in [1.54, 1.807) is 18.2 Å². The fraction of sp³-hybridized carbons (Fsp3) is 0.133. The van der Waals surface area contributed by atoms with Crippen molar-refractivity contribution in [3.05, 3.63) is 58.9 Å². The van der Waals surface area contributed by atoms with E-state index in [1.807, 2.05) is 13.0 Å². The third-order valence-corrected chi connectivity index (χ3v) is 2.88. The van der Waals surface area contributed by atoms with Gasteiger partial charge in [-0.1, -0.05) is 23.7 Å². The second kappa shape index (κ2) is 6.39. The maximum absolute atomic E-state index is 12.9. The fourth-order valence-electron chi connectivity index (χ4n) is 1.61. The number of carbonyl (C=O) groups is 1. The van der Waals surface area contributed by atoms with Crippen molar-refractivity contribution in [3.8, 4) is 5.75 Å². The summed E-state index contributed by atoms with van der Waals surface area (Å²) in [6.45, 7) is 1.69. The van der Waals surface area contributed by atoms with Crippen molar-refractivity contribution in [2.45, 2.75) is 6.92 Å². The van der Waals surface area contributed by atoms with E-state index in [0.717, 1.165) is 5.56 Å². The van der Waals surface area contributed by atoms with Crippen LogP contribution in [0.4, 0.5) is 10.1 Å². The molecule has 0 radical (unpaired) electrons. The number of ether oxygens (including phenoxy) is 1. The summed E-state index contributed by atoms with van der Waals surface area (Å²) in [5, 5.41) is 3.09. The van der Waals surface area contributed by atoms with E-state index in [1.165, 1.54) is 18.2 Å². The summed E-state index contributed by atoms with van der Waals surface area (Å²) >= 11 is 6.01. The molecule has 0 saturated carbocycles. The molecule has 104 valence electrons. The Balaban J connectivity index is 1.92. The highest BCUT2D eigenvalue weighted by atomic mass is 35.5. The number of benzene rings is 2. The first-order valence-corrected chi connectivity index (χ1v) is 6.37. The van der Waals surface area contributed by atoms with Crippen LogP contribution < -0.4 is 10.1 Å². The molecule has 0 saturated heterocycles. The number of aryl methyl sites for hydroxylation is 1. The summed E-state index contributed by atoms with van der Waals surface area (Å²) in [6, 6.07) is 10.9. The standard InChI is InChI=1S/C15H13ClFNO2/c1-10-5-6-14(13(16)7-10)18-15(19)9-20-12-4-2-3-11(17)8-12/h2-8H,9H2,1H3,(H,18,19). The average molecular weight is 294 g/mol. The van der Waals surface area contributed by atoms with Crippen molar-refractivity contribution >= 4 is 23.2 Å². The third-order valence-electron chi connectivity index (χ3n) is 2.56. The van der Waals surface area contributed by atoms with Gasteiger partial charge in [0.15, 0.2) is 6.61 Å². The molecule has 2 aromatic rings. The van der Waals surface area contributed by atoms with Gasteiger partial charge >= 0.3 is 0 Å². The SMILES string of the molecule is Cc1ccc(NC(=O)COc2cccc(F)c2)c(Cl)c1. The second-order valence-corrected chi connectivity index (χ2v) is 4.68. The van der Waals surface area contributed by atoms with Crippen LogP contribution in [-0.4, -0.2) is 12.5 Å². The molecule has 1 amide bonds. The predicted molar refractivity (Wildman–Crippen MR) is 76.7 cm³/mol. The number of hydrogen-bond acceptors (Lipinski definition) is 2. The highest BCUT2D eigenvalue weighted by Crippen LogP contribution is 2.22. The molecule has 0 fully saturated rings. The van der Waals surface area contributed by atoms with Gasteiger partial charge < -0.3 is 10.1 Å². The number of anilines is 1. The van der Waals surface area contributed by atoms with Crippen molar-refractivity contribution < 1.29 is 13.9 Å². The van der Waals surface area contributed by atoms with Crippen molar-refractivity contribution in [1.29, 1.82) is 0 Å². The van der Waals surface area contributed by atoms with E-state index in [-0.39, 0.29) is 12.5 Å². The predicted octanol–water partition coefficient (Wildman–Crippen LogP) is 3.81. The average Bonchev–Trinajstić information content (AvgIpc) is 2.40. The zero-order valence-electron chi connectivity index (χ0n) is 10.8. The molecule has 0 aliphatic rings. The molecule has 2 rings (SSSR count).